The van der Waals surface area contributed by atoms with Crippen LogP contribution in [0, 0.1) is 0 Å². The molecule has 0 amide bonds. The Bertz CT molecular complexity index is 1150. The Morgan fingerprint density at radius 1 is 1.12 bits per heavy atom. The molecule has 7 heteroatoms. The van der Waals surface area contributed by atoms with Gasteiger partial charge in [-0.15, -0.1) is 5.10 Å². The van der Waals surface area contributed by atoms with Crippen molar-refractivity contribution in [2.45, 2.75) is 6.54 Å². The quantitative estimate of drug-likeness (QED) is 0.601. The number of para-hydroxylation sites is 1. The number of aromatic carboxylic acids is 1. The van der Waals surface area contributed by atoms with Gasteiger partial charge in [0.2, 0.25) is 5.43 Å². The monoisotopic (exact) mass is 363 g/mol. The molecule has 1 N–H and O–H groups in total. The highest BCUT2D eigenvalue weighted by Gasteiger charge is 2.14. The van der Waals surface area contributed by atoms with Crippen LogP contribution < -0.4 is 5.43 Å². The molecule has 0 aliphatic heterocycles. The number of fused-ring (bicyclic) bond motifs is 1. The van der Waals surface area contributed by atoms with Crippen molar-refractivity contribution < 1.29 is 9.90 Å². The third-order valence-electron chi connectivity index (χ3n) is 4.18. The van der Waals surface area contributed by atoms with E-state index in [0.717, 1.165) is 16.8 Å². The smallest absolute Gasteiger partial charge is 0.341 e. The summed E-state index contributed by atoms with van der Waals surface area (Å²) in [6, 6.07) is 14.9. The van der Waals surface area contributed by atoms with Crippen LogP contribution >= 0.6 is 11.5 Å². The molecular weight excluding hydrogens is 350 g/mol. The maximum Gasteiger partial charge on any atom is 0.341 e. The van der Waals surface area contributed by atoms with Crippen molar-refractivity contribution in [3.63, 3.8) is 0 Å². The van der Waals surface area contributed by atoms with E-state index in [-0.39, 0.29) is 5.56 Å². The highest BCUT2D eigenvalue weighted by atomic mass is 32.1. The van der Waals surface area contributed by atoms with Crippen LogP contribution in [-0.4, -0.2) is 25.2 Å². The largest absolute Gasteiger partial charge is 0.477 e. The van der Waals surface area contributed by atoms with Crippen LogP contribution in [0.15, 0.2) is 64.9 Å². The average Bonchev–Trinajstić information content (AvgIpc) is 3.19. The van der Waals surface area contributed by atoms with Crippen LogP contribution in [0.5, 0.6) is 0 Å². The minimum Gasteiger partial charge on any atom is -0.477 e. The van der Waals surface area contributed by atoms with Crippen molar-refractivity contribution in [3.05, 3.63) is 81.5 Å². The molecule has 0 saturated heterocycles. The maximum absolute atomic E-state index is 12.3. The molecule has 2 heterocycles. The van der Waals surface area contributed by atoms with Gasteiger partial charge in [-0.25, -0.2) is 4.79 Å². The lowest BCUT2D eigenvalue weighted by Crippen LogP contribution is -2.19. The van der Waals surface area contributed by atoms with Gasteiger partial charge < -0.3 is 9.67 Å². The number of benzene rings is 2. The van der Waals surface area contributed by atoms with Crippen molar-refractivity contribution in [1.29, 1.82) is 0 Å². The van der Waals surface area contributed by atoms with Gasteiger partial charge in [-0.1, -0.05) is 40.9 Å². The van der Waals surface area contributed by atoms with Crippen LogP contribution in [-0.2, 0) is 6.54 Å². The molecule has 4 aromatic rings. The first-order chi connectivity index (χ1) is 12.6. The summed E-state index contributed by atoms with van der Waals surface area (Å²) in [5.74, 6) is -1.22. The summed E-state index contributed by atoms with van der Waals surface area (Å²) in [6.45, 7) is 0.455. The Morgan fingerprint density at radius 3 is 2.58 bits per heavy atom. The van der Waals surface area contributed by atoms with Crippen LogP contribution in [0.25, 0.3) is 22.2 Å². The third-order valence-corrected chi connectivity index (χ3v) is 4.69. The predicted octanol–water partition coefficient (Wildman–Crippen LogP) is 3.27. The summed E-state index contributed by atoms with van der Waals surface area (Å²) in [5.41, 5.74) is 2.80. The fourth-order valence-corrected chi connectivity index (χ4v) is 3.36. The van der Waals surface area contributed by atoms with E-state index in [1.807, 2.05) is 41.8 Å². The number of carboxylic acid groups (broad SMARTS) is 1. The second-order valence-corrected chi connectivity index (χ2v) is 6.42. The molecule has 0 bridgehead atoms. The number of hydrogen-bond donors (Lipinski definition) is 1. The van der Waals surface area contributed by atoms with Crippen molar-refractivity contribution in [2.75, 3.05) is 0 Å². The van der Waals surface area contributed by atoms with E-state index in [0.29, 0.717) is 17.4 Å². The number of aromatic nitrogens is 3. The van der Waals surface area contributed by atoms with E-state index >= 15 is 0 Å². The summed E-state index contributed by atoms with van der Waals surface area (Å²) in [5, 5.41) is 15.7. The zero-order valence-electron chi connectivity index (χ0n) is 13.5. The molecule has 0 spiro atoms. The molecule has 0 aliphatic rings. The number of carboxylic acids is 1. The second-order valence-electron chi connectivity index (χ2n) is 5.81. The van der Waals surface area contributed by atoms with Crippen molar-refractivity contribution in [2.24, 2.45) is 0 Å². The van der Waals surface area contributed by atoms with Crippen LogP contribution in [0.2, 0.25) is 0 Å². The number of hydrogen-bond acceptors (Lipinski definition) is 5. The van der Waals surface area contributed by atoms with E-state index in [9.17, 15) is 14.7 Å². The topological polar surface area (TPSA) is 85.1 Å². The van der Waals surface area contributed by atoms with Gasteiger partial charge in [0.15, 0.2) is 0 Å². The van der Waals surface area contributed by atoms with Crippen LogP contribution in [0.3, 0.4) is 0 Å². The molecule has 4 rings (SSSR count). The van der Waals surface area contributed by atoms with Crippen molar-refractivity contribution in [1.82, 2.24) is 14.2 Å². The van der Waals surface area contributed by atoms with Crippen molar-refractivity contribution >= 4 is 28.4 Å². The van der Waals surface area contributed by atoms with Gasteiger partial charge in [0, 0.05) is 29.1 Å². The maximum atomic E-state index is 12.3. The molecule has 0 radical (unpaired) electrons. The fraction of sp³-hybridized carbons (Fsp3) is 0.0526. The summed E-state index contributed by atoms with van der Waals surface area (Å²) in [4.78, 5) is 23.8. The molecule has 2 aromatic heterocycles. The Morgan fingerprint density at radius 2 is 1.88 bits per heavy atom. The van der Waals surface area contributed by atoms with E-state index in [1.54, 1.807) is 16.7 Å². The van der Waals surface area contributed by atoms with Gasteiger partial charge >= 0.3 is 5.97 Å². The van der Waals surface area contributed by atoms with Gasteiger partial charge in [0.05, 0.1) is 5.52 Å². The van der Waals surface area contributed by atoms with Crippen LogP contribution in [0.4, 0.5) is 0 Å². The fourth-order valence-electron chi connectivity index (χ4n) is 2.90. The minimum absolute atomic E-state index is 0.228. The number of carbonyl (C=O) groups is 1. The van der Waals surface area contributed by atoms with Crippen LogP contribution in [0.1, 0.15) is 15.9 Å². The Labute approximate surface area is 152 Å². The van der Waals surface area contributed by atoms with Gasteiger partial charge in [-0.2, -0.15) is 0 Å². The SMILES string of the molecule is O=C(O)c1cn(Cc2ccc(-c3csnn3)cc2)c2ccccc2c1=O. The first-order valence-electron chi connectivity index (χ1n) is 7.85. The molecule has 0 fully saturated rings. The summed E-state index contributed by atoms with van der Waals surface area (Å²) in [6.07, 6.45) is 1.41. The van der Waals surface area contributed by atoms with E-state index < -0.39 is 11.4 Å². The first kappa shape index (κ1) is 16.2. The van der Waals surface area contributed by atoms with E-state index in [2.05, 4.69) is 9.59 Å². The normalized spacial score (nSPS) is 10.9. The third kappa shape index (κ3) is 2.89. The number of rotatable bonds is 4. The Balaban J connectivity index is 1.76. The molecule has 26 heavy (non-hydrogen) atoms. The van der Waals surface area contributed by atoms with Crippen molar-refractivity contribution in [3.8, 4) is 11.3 Å². The minimum atomic E-state index is -1.22. The molecule has 0 atom stereocenters. The van der Waals surface area contributed by atoms with E-state index in [1.165, 1.54) is 17.7 Å². The van der Waals surface area contributed by atoms with Gasteiger partial charge in [0.25, 0.3) is 0 Å². The molecule has 0 saturated carbocycles. The summed E-state index contributed by atoms with van der Waals surface area (Å²) >= 11 is 1.30. The molecule has 6 nitrogen and oxygen atoms in total. The standard InChI is InChI=1S/C19H13N3O3S/c23-18-14-3-1-2-4-17(14)22(10-15(18)19(24)25)9-12-5-7-13(8-6-12)16-11-26-21-20-16/h1-8,10-11H,9H2,(H,24,25). The lowest BCUT2D eigenvalue weighted by atomic mass is 10.1. The van der Waals surface area contributed by atoms with Gasteiger partial charge in [-0.05, 0) is 29.2 Å². The highest BCUT2D eigenvalue weighted by molar-refractivity contribution is 7.03. The predicted molar refractivity (Wildman–Crippen MR) is 99.6 cm³/mol. The zero-order valence-corrected chi connectivity index (χ0v) is 14.3. The average molecular weight is 363 g/mol. The van der Waals surface area contributed by atoms with Gasteiger partial charge in [-0.3, -0.25) is 4.79 Å². The molecule has 0 unspecified atom stereocenters. The lowest BCUT2D eigenvalue weighted by Gasteiger charge is -2.12. The molecule has 0 aliphatic carbocycles. The second kappa shape index (κ2) is 6.53. The lowest BCUT2D eigenvalue weighted by molar-refractivity contribution is 0.0695. The highest BCUT2D eigenvalue weighted by Crippen LogP contribution is 2.20. The molecule has 2 aromatic carbocycles. The zero-order chi connectivity index (χ0) is 18.1. The Hall–Kier alpha value is -3.32. The number of nitrogens with zero attached hydrogens (tertiary/aromatic N) is 3. The molecule has 128 valence electrons. The summed E-state index contributed by atoms with van der Waals surface area (Å²) in [7, 11) is 0. The van der Waals surface area contributed by atoms with Gasteiger partial charge in [0.1, 0.15) is 11.3 Å². The van der Waals surface area contributed by atoms with E-state index in [4.69, 9.17) is 0 Å². The molecular formula is C19H13N3O3S. The Kier molecular flexibility index (Phi) is 4.06. The number of pyridine rings is 1. The summed E-state index contributed by atoms with van der Waals surface area (Å²) < 4.78 is 5.65. The first-order valence-corrected chi connectivity index (χ1v) is 8.69.